The van der Waals surface area contributed by atoms with Gasteiger partial charge in [0, 0.05) is 18.8 Å². The summed E-state index contributed by atoms with van der Waals surface area (Å²) in [5.41, 5.74) is 0.0338. The molecule has 0 aliphatic heterocycles. The third kappa shape index (κ3) is 4.37. The van der Waals surface area contributed by atoms with Crippen LogP contribution in [0, 0.1) is 5.82 Å². The Hall–Kier alpha value is -3.20. The number of nitrogens with one attached hydrogen (secondary N) is 4. The fraction of sp³-hybridized carbons (Fsp3) is 0.316. The number of amides is 2. The number of aromatic amines is 1. The smallest absolute Gasteiger partial charge is 0.320 e. The molecular weight excluding hydrogens is 363 g/mol. The number of aliphatic hydroxyl groups is 1. The van der Waals surface area contributed by atoms with Gasteiger partial charge in [0.05, 0.1) is 22.5 Å². The zero-order valence-corrected chi connectivity index (χ0v) is 15.9. The lowest BCUT2D eigenvalue weighted by Gasteiger charge is -2.30. The lowest BCUT2D eigenvalue weighted by molar-refractivity contribution is 0.0415. The predicted molar refractivity (Wildman–Crippen MR) is 106 cm³/mol. The highest BCUT2D eigenvalue weighted by molar-refractivity contribution is 5.94. The Balaban J connectivity index is 1.75. The van der Waals surface area contributed by atoms with Crippen molar-refractivity contribution < 1.29 is 14.3 Å². The Labute approximate surface area is 161 Å². The van der Waals surface area contributed by atoms with Gasteiger partial charge in [-0.25, -0.2) is 14.2 Å². The Morgan fingerprint density at radius 3 is 2.68 bits per heavy atom. The average molecular weight is 386 g/mol. The van der Waals surface area contributed by atoms with Gasteiger partial charge < -0.3 is 15.7 Å². The van der Waals surface area contributed by atoms with Crippen molar-refractivity contribution in [2.75, 3.05) is 17.2 Å². The average Bonchev–Trinajstić information content (AvgIpc) is 3.02. The van der Waals surface area contributed by atoms with Gasteiger partial charge >= 0.3 is 6.03 Å². The van der Waals surface area contributed by atoms with Gasteiger partial charge in [-0.05, 0) is 38.5 Å². The first kappa shape index (κ1) is 19.6. The van der Waals surface area contributed by atoms with E-state index in [1.165, 1.54) is 24.3 Å². The highest BCUT2D eigenvalue weighted by atomic mass is 19.1. The third-order valence-electron chi connectivity index (χ3n) is 4.22. The van der Waals surface area contributed by atoms with Crippen molar-refractivity contribution in [2.45, 2.75) is 32.4 Å². The van der Waals surface area contributed by atoms with Crippen molar-refractivity contribution >= 4 is 28.6 Å². The number of pyridine rings is 1. The molecule has 0 fully saturated rings. The molecule has 0 saturated heterocycles. The standard InChI is InChI=1S/C19H23FN6O2/c1-4-21-17-13-10-22-15(9-14(13)25-26-17)23-18(27)24-16(19(2,3)28)11-5-7-12(20)8-6-11/h5-10,16,28H,4H2,1-3H3,(H2,21,25,26)(H2,22,23,24,27). The maximum Gasteiger partial charge on any atom is 0.320 e. The van der Waals surface area contributed by atoms with Crippen LogP contribution in [-0.4, -0.2) is 38.5 Å². The minimum absolute atomic E-state index is 0.324. The Morgan fingerprint density at radius 2 is 2.04 bits per heavy atom. The summed E-state index contributed by atoms with van der Waals surface area (Å²) in [5, 5.41) is 26.8. The second-order valence-electron chi connectivity index (χ2n) is 6.95. The van der Waals surface area contributed by atoms with Gasteiger partial charge in [-0.1, -0.05) is 12.1 Å². The maximum absolute atomic E-state index is 13.2. The molecule has 2 amide bonds. The maximum atomic E-state index is 13.2. The minimum atomic E-state index is -1.27. The number of aromatic nitrogens is 3. The van der Waals surface area contributed by atoms with Crippen molar-refractivity contribution in [2.24, 2.45) is 0 Å². The number of fused-ring (bicyclic) bond motifs is 1. The Morgan fingerprint density at radius 1 is 1.32 bits per heavy atom. The van der Waals surface area contributed by atoms with Gasteiger partial charge in [-0.15, -0.1) is 0 Å². The van der Waals surface area contributed by atoms with Gasteiger partial charge in [0.2, 0.25) is 0 Å². The summed E-state index contributed by atoms with van der Waals surface area (Å²) in [4.78, 5) is 16.7. The SMILES string of the molecule is CCNc1n[nH]c2cc(NC(=O)NC(c3ccc(F)cc3)C(C)(C)O)ncc12. The second kappa shape index (κ2) is 7.81. The van der Waals surface area contributed by atoms with Crippen molar-refractivity contribution in [1.82, 2.24) is 20.5 Å². The molecule has 148 valence electrons. The molecule has 0 saturated carbocycles. The molecule has 1 aromatic carbocycles. The largest absolute Gasteiger partial charge is 0.388 e. The molecular formula is C19H23FN6O2. The summed E-state index contributed by atoms with van der Waals surface area (Å²) >= 11 is 0. The molecule has 0 spiro atoms. The molecule has 8 nitrogen and oxygen atoms in total. The van der Waals surface area contributed by atoms with Gasteiger partial charge in [0.15, 0.2) is 5.82 Å². The van der Waals surface area contributed by atoms with Crippen LogP contribution in [0.4, 0.5) is 20.8 Å². The first-order chi connectivity index (χ1) is 13.3. The van der Waals surface area contributed by atoms with E-state index >= 15 is 0 Å². The van der Waals surface area contributed by atoms with Crippen molar-refractivity contribution in [3.05, 3.63) is 47.9 Å². The number of carbonyl (C=O) groups is 1. The van der Waals surface area contributed by atoms with Crippen LogP contribution in [0.5, 0.6) is 0 Å². The molecule has 3 rings (SSSR count). The number of halogens is 1. The number of rotatable bonds is 6. The van der Waals surface area contributed by atoms with Crippen LogP contribution in [-0.2, 0) is 0 Å². The van der Waals surface area contributed by atoms with Crippen LogP contribution in [0.25, 0.3) is 10.9 Å². The van der Waals surface area contributed by atoms with E-state index in [0.29, 0.717) is 17.2 Å². The van der Waals surface area contributed by atoms with Crippen molar-refractivity contribution in [1.29, 1.82) is 0 Å². The Kier molecular flexibility index (Phi) is 5.46. The summed E-state index contributed by atoms with van der Waals surface area (Å²) in [7, 11) is 0. The highest BCUT2D eigenvalue weighted by Gasteiger charge is 2.30. The van der Waals surface area contributed by atoms with E-state index in [1.807, 2.05) is 6.92 Å². The monoisotopic (exact) mass is 386 g/mol. The van der Waals surface area contributed by atoms with E-state index in [4.69, 9.17) is 0 Å². The number of carbonyl (C=O) groups excluding carboxylic acids is 1. The normalized spacial score (nSPS) is 12.6. The number of nitrogens with zero attached hydrogens (tertiary/aromatic N) is 2. The van der Waals surface area contributed by atoms with E-state index in [9.17, 15) is 14.3 Å². The molecule has 0 aliphatic rings. The zero-order valence-electron chi connectivity index (χ0n) is 15.9. The summed E-state index contributed by atoms with van der Waals surface area (Å²) in [5.74, 6) is 0.626. The van der Waals surface area contributed by atoms with Crippen LogP contribution in [0.3, 0.4) is 0 Å². The van der Waals surface area contributed by atoms with E-state index in [0.717, 1.165) is 17.4 Å². The summed E-state index contributed by atoms with van der Waals surface area (Å²) in [6.07, 6.45) is 1.61. The quantitative estimate of drug-likeness (QED) is 0.446. The molecule has 1 unspecified atom stereocenters. The predicted octanol–water partition coefficient (Wildman–Crippen LogP) is 3.16. The molecule has 2 aromatic heterocycles. The van der Waals surface area contributed by atoms with Crippen LogP contribution in [0.2, 0.25) is 0 Å². The van der Waals surface area contributed by atoms with Crippen LogP contribution >= 0.6 is 0 Å². The van der Waals surface area contributed by atoms with Crippen LogP contribution in [0.15, 0.2) is 36.5 Å². The lowest BCUT2D eigenvalue weighted by atomic mass is 9.92. The molecule has 0 bridgehead atoms. The van der Waals surface area contributed by atoms with E-state index in [2.05, 4.69) is 31.1 Å². The number of benzene rings is 1. The third-order valence-corrected chi connectivity index (χ3v) is 4.22. The zero-order chi connectivity index (χ0) is 20.3. The molecule has 0 radical (unpaired) electrons. The molecule has 0 aliphatic carbocycles. The van der Waals surface area contributed by atoms with E-state index in [1.54, 1.807) is 26.1 Å². The second-order valence-corrected chi connectivity index (χ2v) is 6.95. The number of hydrogen-bond donors (Lipinski definition) is 5. The summed E-state index contributed by atoms with van der Waals surface area (Å²) < 4.78 is 13.2. The van der Waals surface area contributed by atoms with Crippen molar-refractivity contribution in [3.8, 4) is 0 Å². The molecule has 28 heavy (non-hydrogen) atoms. The molecule has 9 heteroatoms. The minimum Gasteiger partial charge on any atom is -0.388 e. The Bertz CT molecular complexity index is 965. The number of urea groups is 1. The fourth-order valence-electron chi connectivity index (χ4n) is 2.89. The lowest BCUT2D eigenvalue weighted by Crippen LogP contribution is -2.43. The number of hydrogen-bond acceptors (Lipinski definition) is 5. The van der Waals surface area contributed by atoms with Gasteiger partial charge in [0.1, 0.15) is 11.6 Å². The summed E-state index contributed by atoms with van der Waals surface area (Å²) in [6.45, 7) is 5.83. The van der Waals surface area contributed by atoms with Gasteiger partial charge in [-0.2, -0.15) is 5.10 Å². The molecule has 5 N–H and O–H groups in total. The number of H-pyrrole nitrogens is 1. The topological polar surface area (TPSA) is 115 Å². The van der Waals surface area contributed by atoms with Crippen molar-refractivity contribution in [3.63, 3.8) is 0 Å². The van der Waals surface area contributed by atoms with Gasteiger partial charge in [-0.3, -0.25) is 10.4 Å². The van der Waals surface area contributed by atoms with E-state index < -0.39 is 23.5 Å². The van der Waals surface area contributed by atoms with Crippen LogP contribution in [0.1, 0.15) is 32.4 Å². The first-order valence-electron chi connectivity index (χ1n) is 8.91. The van der Waals surface area contributed by atoms with E-state index in [-0.39, 0.29) is 0 Å². The first-order valence-corrected chi connectivity index (χ1v) is 8.91. The van der Waals surface area contributed by atoms with Crippen LogP contribution < -0.4 is 16.0 Å². The molecule has 2 heterocycles. The molecule has 1 atom stereocenters. The molecule has 3 aromatic rings. The van der Waals surface area contributed by atoms with Gasteiger partial charge in [0.25, 0.3) is 0 Å². The number of anilines is 2. The fourth-order valence-corrected chi connectivity index (χ4v) is 2.89. The highest BCUT2D eigenvalue weighted by Crippen LogP contribution is 2.26. The summed E-state index contributed by atoms with van der Waals surface area (Å²) in [6, 6.07) is 5.98.